The first-order valence-corrected chi connectivity index (χ1v) is 5.25. The zero-order chi connectivity index (χ0) is 12.1. The lowest BCUT2D eigenvalue weighted by atomic mass is 10.2. The van der Waals surface area contributed by atoms with Gasteiger partial charge in [0.15, 0.2) is 11.5 Å². The summed E-state index contributed by atoms with van der Waals surface area (Å²) in [5.74, 6) is 0.580. The summed E-state index contributed by atoms with van der Waals surface area (Å²) in [7, 11) is 0. The van der Waals surface area contributed by atoms with E-state index in [1.165, 1.54) is 0 Å². The molecule has 1 aliphatic heterocycles. The quantitative estimate of drug-likeness (QED) is 0.592. The van der Waals surface area contributed by atoms with E-state index in [0.29, 0.717) is 13.1 Å². The standard InChI is InChI=1S/C12H13NO4/c14-11(15)5-2-6-13-7-9-3-1-4-10-12(9)17-8-16-10/h1-5,13H,6-8H2,(H,14,15)/b5-2+. The van der Waals surface area contributed by atoms with E-state index in [-0.39, 0.29) is 6.79 Å². The maximum atomic E-state index is 10.2. The lowest BCUT2D eigenvalue weighted by Crippen LogP contribution is -2.13. The van der Waals surface area contributed by atoms with Gasteiger partial charge in [0.25, 0.3) is 0 Å². The molecule has 5 heteroatoms. The van der Waals surface area contributed by atoms with Crippen molar-refractivity contribution in [1.29, 1.82) is 0 Å². The van der Waals surface area contributed by atoms with Gasteiger partial charge in [-0.1, -0.05) is 18.2 Å². The molecule has 90 valence electrons. The van der Waals surface area contributed by atoms with Crippen molar-refractivity contribution in [2.24, 2.45) is 0 Å². The third-order valence-corrected chi connectivity index (χ3v) is 2.32. The van der Waals surface area contributed by atoms with Crippen molar-refractivity contribution < 1.29 is 19.4 Å². The Balaban J connectivity index is 1.88. The van der Waals surface area contributed by atoms with E-state index in [1.54, 1.807) is 6.08 Å². The van der Waals surface area contributed by atoms with Gasteiger partial charge in [-0.25, -0.2) is 4.79 Å². The highest BCUT2D eigenvalue weighted by Gasteiger charge is 2.16. The Labute approximate surface area is 98.7 Å². The van der Waals surface area contributed by atoms with Crippen LogP contribution >= 0.6 is 0 Å². The molecule has 0 saturated heterocycles. The Morgan fingerprint density at radius 1 is 1.47 bits per heavy atom. The molecule has 2 N–H and O–H groups in total. The molecule has 0 spiro atoms. The maximum Gasteiger partial charge on any atom is 0.328 e. The maximum absolute atomic E-state index is 10.2. The molecular weight excluding hydrogens is 222 g/mol. The Morgan fingerprint density at radius 2 is 2.35 bits per heavy atom. The molecule has 5 nitrogen and oxygen atoms in total. The summed E-state index contributed by atoms with van der Waals surface area (Å²) in [4.78, 5) is 10.2. The van der Waals surface area contributed by atoms with Gasteiger partial charge in [-0.15, -0.1) is 0 Å². The number of aliphatic carboxylic acids is 1. The highest BCUT2D eigenvalue weighted by Crippen LogP contribution is 2.34. The molecule has 1 aromatic rings. The van der Waals surface area contributed by atoms with Crippen LogP contribution in [0.25, 0.3) is 0 Å². The molecule has 2 rings (SSSR count). The van der Waals surface area contributed by atoms with Crippen LogP contribution in [0.5, 0.6) is 11.5 Å². The molecule has 17 heavy (non-hydrogen) atoms. The smallest absolute Gasteiger partial charge is 0.328 e. The minimum absolute atomic E-state index is 0.255. The summed E-state index contributed by atoms with van der Waals surface area (Å²) in [6, 6.07) is 5.70. The number of benzene rings is 1. The summed E-state index contributed by atoms with van der Waals surface area (Å²) in [6.07, 6.45) is 2.67. The molecule has 1 aromatic carbocycles. The van der Waals surface area contributed by atoms with E-state index >= 15 is 0 Å². The molecule has 0 unspecified atom stereocenters. The molecule has 0 amide bonds. The van der Waals surface area contributed by atoms with Gasteiger partial charge in [0.05, 0.1) is 0 Å². The predicted molar refractivity (Wildman–Crippen MR) is 61.0 cm³/mol. The predicted octanol–water partition coefficient (Wildman–Crippen LogP) is 1.15. The number of carbonyl (C=O) groups is 1. The number of hydrogen-bond acceptors (Lipinski definition) is 4. The lowest BCUT2D eigenvalue weighted by molar-refractivity contribution is -0.131. The average Bonchev–Trinajstić information content (AvgIpc) is 2.77. The summed E-state index contributed by atoms with van der Waals surface area (Å²) in [5, 5.41) is 11.5. The number of carboxylic acids is 1. The molecule has 0 fully saturated rings. The first kappa shape index (κ1) is 11.5. The van der Waals surface area contributed by atoms with Crippen LogP contribution in [0.15, 0.2) is 30.4 Å². The number of rotatable bonds is 5. The normalized spacial score (nSPS) is 13.2. The van der Waals surface area contributed by atoms with Crippen LogP contribution in [-0.4, -0.2) is 24.4 Å². The molecule has 0 bridgehead atoms. The number of nitrogens with one attached hydrogen (secondary N) is 1. The van der Waals surface area contributed by atoms with Gasteiger partial charge in [0.2, 0.25) is 6.79 Å². The summed E-state index contributed by atoms with van der Waals surface area (Å²) in [6.45, 7) is 1.36. The number of hydrogen-bond donors (Lipinski definition) is 2. The second-order valence-electron chi connectivity index (χ2n) is 3.52. The van der Waals surface area contributed by atoms with E-state index in [1.807, 2.05) is 18.2 Å². The molecule has 1 aliphatic rings. The van der Waals surface area contributed by atoms with E-state index in [9.17, 15) is 4.79 Å². The summed E-state index contributed by atoms with van der Waals surface area (Å²) in [5.41, 5.74) is 1.00. The number of carboxylic acid groups (broad SMARTS) is 1. The van der Waals surface area contributed by atoms with E-state index in [4.69, 9.17) is 14.6 Å². The highest BCUT2D eigenvalue weighted by atomic mass is 16.7. The minimum Gasteiger partial charge on any atom is -0.478 e. The van der Waals surface area contributed by atoms with Crippen molar-refractivity contribution in [2.45, 2.75) is 6.54 Å². The topological polar surface area (TPSA) is 67.8 Å². The van der Waals surface area contributed by atoms with Crippen molar-refractivity contribution in [3.8, 4) is 11.5 Å². The zero-order valence-corrected chi connectivity index (χ0v) is 9.18. The SMILES string of the molecule is O=C(O)/C=C/CNCc1cccc2c1OCO2. The van der Waals surface area contributed by atoms with Crippen molar-refractivity contribution >= 4 is 5.97 Å². The van der Waals surface area contributed by atoms with Crippen molar-refractivity contribution in [1.82, 2.24) is 5.32 Å². The van der Waals surface area contributed by atoms with E-state index in [0.717, 1.165) is 23.1 Å². The highest BCUT2D eigenvalue weighted by molar-refractivity contribution is 5.79. The fraction of sp³-hybridized carbons (Fsp3) is 0.250. The zero-order valence-electron chi connectivity index (χ0n) is 9.18. The molecule has 0 saturated carbocycles. The van der Waals surface area contributed by atoms with Crippen LogP contribution in [0.2, 0.25) is 0 Å². The Morgan fingerprint density at radius 3 is 3.18 bits per heavy atom. The van der Waals surface area contributed by atoms with Crippen molar-refractivity contribution in [3.05, 3.63) is 35.9 Å². The first-order chi connectivity index (χ1) is 8.27. The lowest BCUT2D eigenvalue weighted by Gasteiger charge is -2.05. The fourth-order valence-electron chi connectivity index (χ4n) is 1.58. The average molecular weight is 235 g/mol. The Bertz CT molecular complexity index is 442. The number of para-hydroxylation sites is 1. The van der Waals surface area contributed by atoms with Crippen molar-refractivity contribution in [3.63, 3.8) is 0 Å². The molecular formula is C12H13NO4. The van der Waals surface area contributed by atoms with E-state index in [2.05, 4.69) is 5.32 Å². The summed E-state index contributed by atoms with van der Waals surface area (Å²) < 4.78 is 10.6. The number of fused-ring (bicyclic) bond motifs is 1. The molecule has 0 radical (unpaired) electrons. The molecule has 1 heterocycles. The van der Waals surface area contributed by atoms with Gasteiger partial charge < -0.3 is 19.9 Å². The van der Waals surface area contributed by atoms with Crippen molar-refractivity contribution in [2.75, 3.05) is 13.3 Å². The van der Waals surface area contributed by atoms with Gasteiger partial charge in [-0.05, 0) is 6.07 Å². The van der Waals surface area contributed by atoms with Gasteiger partial charge in [-0.3, -0.25) is 0 Å². The largest absolute Gasteiger partial charge is 0.478 e. The van der Waals surface area contributed by atoms with Crippen LogP contribution in [0.1, 0.15) is 5.56 Å². The van der Waals surface area contributed by atoms with E-state index < -0.39 is 5.97 Å². The third kappa shape index (κ3) is 2.98. The second-order valence-corrected chi connectivity index (χ2v) is 3.52. The minimum atomic E-state index is -0.941. The summed E-state index contributed by atoms with van der Waals surface area (Å²) >= 11 is 0. The monoisotopic (exact) mass is 235 g/mol. The van der Waals surface area contributed by atoms with Gasteiger partial charge in [-0.2, -0.15) is 0 Å². The second kappa shape index (κ2) is 5.36. The van der Waals surface area contributed by atoms with Crippen LogP contribution in [0.4, 0.5) is 0 Å². The molecule has 0 atom stereocenters. The Hall–Kier alpha value is -2.01. The van der Waals surface area contributed by atoms with Crippen LogP contribution in [-0.2, 0) is 11.3 Å². The first-order valence-electron chi connectivity index (χ1n) is 5.25. The number of ether oxygens (including phenoxy) is 2. The fourth-order valence-corrected chi connectivity index (χ4v) is 1.58. The van der Waals surface area contributed by atoms with Crippen LogP contribution < -0.4 is 14.8 Å². The van der Waals surface area contributed by atoms with Crippen LogP contribution in [0, 0.1) is 0 Å². The molecule has 0 aliphatic carbocycles. The third-order valence-electron chi connectivity index (χ3n) is 2.32. The van der Waals surface area contributed by atoms with Gasteiger partial charge in [0.1, 0.15) is 0 Å². The Kier molecular flexibility index (Phi) is 3.62. The van der Waals surface area contributed by atoms with Crippen LogP contribution in [0.3, 0.4) is 0 Å². The molecule has 0 aromatic heterocycles. The van der Waals surface area contributed by atoms with Gasteiger partial charge >= 0.3 is 5.97 Å². The van der Waals surface area contributed by atoms with Gasteiger partial charge in [0, 0.05) is 24.7 Å².